The third kappa shape index (κ3) is 3.72. The molecule has 1 aromatic heterocycles. The monoisotopic (exact) mass is 309 g/mol. The van der Waals surface area contributed by atoms with Crippen LogP contribution in [0.25, 0.3) is 11.4 Å². The fourth-order valence-corrected chi connectivity index (χ4v) is 1.86. The quantitative estimate of drug-likeness (QED) is 0.846. The Morgan fingerprint density at radius 1 is 1.05 bits per heavy atom. The van der Waals surface area contributed by atoms with Gasteiger partial charge in [-0.15, -0.1) is 0 Å². The van der Waals surface area contributed by atoms with E-state index in [4.69, 9.17) is 25.8 Å². The lowest BCUT2D eigenvalue weighted by Crippen LogP contribution is -2.09. The average molecular weight is 310 g/mol. The van der Waals surface area contributed by atoms with Crippen LogP contribution in [0, 0.1) is 0 Å². The second kappa shape index (κ2) is 6.58. The van der Waals surface area contributed by atoms with E-state index in [9.17, 15) is 0 Å². The first-order valence-electron chi connectivity index (χ1n) is 6.34. The van der Waals surface area contributed by atoms with Crippen molar-refractivity contribution in [2.24, 2.45) is 0 Å². The molecule has 0 unspecified atom stereocenters. The van der Waals surface area contributed by atoms with Gasteiger partial charge in [-0.05, 0) is 43.6 Å². The van der Waals surface area contributed by atoms with Gasteiger partial charge in [0.15, 0.2) is 5.82 Å². The summed E-state index contributed by atoms with van der Waals surface area (Å²) in [5.41, 5.74) is 0.648. The minimum atomic E-state index is -0.0662. The lowest BCUT2D eigenvalue weighted by atomic mass is 10.1. The van der Waals surface area contributed by atoms with Crippen LogP contribution in [0.1, 0.15) is 13.8 Å². The maximum atomic E-state index is 5.94. The highest BCUT2D eigenvalue weighted by molar-refractivity contribution is 6.28. The van der Waals surface area contributed by atoms with E-state index in [1.807, 2.05) is 13.8 Å². The molecule has 0 aliphatic rings. The molecule has 0 aliphatic carbocycles. The van der Waals surface area contributed by atoms with E-state index in [0.717, 1.165) is 0 Å². The SMILES string of the molecule is COc1ccc(OC)c(-c2nc(Cl)nc(OC(C)C)n2)c1. The number of hydrogen-bond donors (Lipinski definition) is 0. The smallest absolute Gasteiger partial charge is 0.321 e. The minimum Gasteiger partial charge on any atom is -0.497 e. The lowest BCUT2D eigenvalue weighted by molar-refractivity contribution is 0.222. The molecular weight excluding hydrogens is 294 g/mol. The van der Waals surface area contributed by atoms with Crippen LogP contribution in [-0.4, -0.2) is 35.3 Å². The highest BCUT2D eigenvalue weighted by Crippen LogP contribution is 2.32. The number of methoxy groups -OCH3 is 2. The average Bonchev–Trinajstić information content (AvgIpc) is 2.45. The Labute approximate surface area is 128 Å². The first kappa shape index (κ1) is 15.3. The third-order valence-electron chi connectivity index (χ3n) is 2.58. The number of halogens is 1. The summed E-state index contributed by atoms with van der Waals surface area (Å²) in [4.78, 5) is 12.3. The van der Waals surface area contributed by atoms with Crippen LogP contribution in [-0.2, 0) is 0 Å². The van der Waals surface area contributed by atoms with Gasteiger partial charge >= 0.3 is 6.01 Å². The molecule has 2 aromatic rings. The van der Waals surface area contributed by atoms with Gasteiger partial charge < -0.3 is 14.2 Å². The molecule has 0 amide bonds. The van der Waals surface area contributed by atoms with E-state index in [1.165, 1.54) is 0 Å². The molecule has 0 aliphatic heterocycles. The Bertz CT molecular complexity index is 635. The Balaban J connectivity index is 2.52. The highest BCUT2D eigenvalue weighted by atomic mass is 35.5. The van der Waals surface area contributed by atoms with Crippen molar-refractivity contribution in [3.63, 3.8) is 0 Å². The van der Waals surface area contributed by atoms with Crippen molar-refractivity contribution in [1.82, 2.24) is 15.0 Å². The maximum absolute atomic E-state index is 5.94. The molecule has 0 spiro atoms. The van der Waals surface area contributed by atoms with Gasteiger partial charge in [-0.25, -0.2) is 0 Å². The van der Waals surface area contributed by atoms with E-state index in [1.54, 1.807) is 32.4 Å². The van der Waals surface area contributed by atoms with Gasteiger partial charge in [0.2, 0.25) is 5.28 Å². The van der Waals surface area contributed by atoms with Crippen molar-refractivity contribution in [2.45, 2.75) is 20.0 Å². The Morgan fingerprint density at radius 3 is 2.43 bits per heavy atom. The Hall–Kier alpha value is -2.08. The standard InChI is InChI=1S/C14H16ClN3O3/c1-8(2)21-14-17-12(16-13(15)18-14)10-7-9(19-3)5-6-11(10)20-4/h5-8H,1-4H3. The molecule has 1 heterocycles. The summed E-state index contributed by atoms with van der Waals surface area (Å²) < 4.78 is 16.0. The van der Waals surface area contributed by atoms with Crippen molar-refractivity contribution in [1.29, 1.82) is 0 Å². The number of aromatic nitrogens is 3. The minimum absolute atomic E-state index is 0.0560. The second-order valence-electron chi connectivity index (χ2n) is 4.44. The zero-order chi connectivity index (χ0) is 15.4. The van der Waals surface area contributed by atoms with Crippen LogP contribution in [0.3, 0.4) is 0 Å². The molecule has 21 heavy (non-hydrogen) atoms. The predicted octanol–water partition coefficient (Wildman–Crippen LogP) is 3.00. The van der Waals surface area contributed by atoms with Crippen molar-refractivity contribution >= 4 is 11.6 Å². The zero-order valence-corrected chi connectivity index (χ0v) is 13.0. The number of ether oxygens (including phenoxy) is 3. The van der Waals surface area contributed by atoms with E-state index in [2.05, 4.69) is 15.0 Å². The van der Waals surface area contributed by atoms with Crippen LogP contribution in [0.15, 0.2) is 18.2 Å². The molecule has 0 bridgehead atoms. The van der Waals surface area contributed by atoms with Gasteiger partial charge in [-0.2, -0.15) is 15.0 Å². The van der Waals surface area contributed by atoms with Gasteiger partial charge in [0.25, 0.3) is 0 Å². The molecule has 0 saturated heterocycles. The van der Waals surface area contributed by atoms with Gasteiger partial charge in [-0.3, -0.25) is 0 Å². The number of nitrogens with zero attached hydrogens (tertiary/aromatic N) is 3. The van der Waals surface area contributed by atoms with Crippen LogP contribution in [0.4, 0.5) is 0 Å². The molecule has 7 heteroatoms. The molecular formula is C14H16ClN3O3. The van der Waals surface area contributed by atoms with Crippen molar-refractivity contribution in [3.8, 4) is 28.9 Å². The summed E-state index contributed by atoms with van der Waals surface area (Å²) in [6.07, 6.45) is -0.0662. The molecule has 0 atom stereocenters. The van der Waals surface area contributed by atoms with Crippen molar-refractivity contribution in [3.05, 3.63) is 23.5 Å². The van der Waals surface area contributed by atoms with Crippen LogP contribution in [0.5, 0.6) is 17.5 Å². The van der Waals surface area contributed by atoms with Gasteiger partial charge in [0.05, 0.1) is 25.9 Å². The largest absolute Gasteiger partial charge is 0.497 e. The molecule has 2 rings (SSSR count). The molecule has 6 nitrogen and oxygen atoms in total. The Morgan fingerprint density at radius 2 is 1.81 bits per heavy atom. The van der Waals surface area contributed by atoms with Crippen LogP contribution in [0.2, 0.25) is 5.28 Å². The molecule has 0 saturated carbocycles. The van der Waals surface area contributed by atoms with Crippen LogP contribution < -0.4 is 14.2 Å². The summed E-state index contributed by atoms with van der Waals surface area (Å²) in [6.45, 7) is 3.76. The van der Waals surface area contributed by atoms with Gasteiger partial charge in [-0.1, -0.05) is 0 Å². The lowest BCUT2D eigenvalue weighted by Gasteiger charge is -2.11. The van der Waals surface area contributed by atoms with E-state index in [-0.39, 0.29) is 17.4 Å². The normalized spacial score (nSPS) is 10.6. The third-order valence-corrected chi connectivity index (χ3v) is 2.75. The molecule has 0 N–H and O–H groups in total. The maximum Gasteiger partial charge on any atom is 0.321 e. The van der Waals surface area contributed by atoms with Crippen molar-refractivity contribution in [2.75, 3.05) is 14.2 Å². The van der Waals surface area contributed by atoms with Gasteiger partial charge in [0, 0.05) is 0 Å². The second-order valence-corrected chi connectivity index (χ2v) is 4.78. The summed E-state index contributed by atoms with van der Waals surface area (Å²) in [6, 6.07) is 5.50. The molecule has 0 fully saturated rings. The first-order valence-corrected chi connectivity index (χ1v) is 6.72. The molecule has 0 radical (unpaired) electrons. The van der Waals surface area contributed by atoms with Crippen LogP contribution >= 0.6 is 11.6 Å². The number of rotatable bonds is 5. The summed E-state index contributed by atoms with van der Waals surface area (Å²) in [5, 5.41) is 0.0560. The van der Waals surface area contributed by atoms with E-state index < -0.39 is 0 Å². The topological polar surface area (TPSA) is 66.4 Å². The molecule has 1 aromatic carbocycles. The summed E-state index contributed by atoms with van der Waals surface area (Å²) >= 11 is 5.94. The Kier molecular flexibility index (Phi) is 4.80. The highest BCUT2D eigenvalue weighted by Gasteiger charge is 2.14. The van der Waals surface area contributed by atoms with Gasteiger partial charge in [0.1, 0.15) is 11.5 Å². The molecule has 112 valence electrons. The predicted molar refractivity (Wildman–Crippen MR) is 79.1 cm³/mol. The van der Waals surface area contributed by atoms with Crippen molar-refractivity contribution < 1.29 is 14.2 Å². The number of hydrogen-bond acceptors (Lipinski definition) is 6. The first-order chi connectivity index (χ1) is 10.0. The fraction of sp³-hybridized carbons (Fsp3) is 0.357. The summed E-state index contributed by atoms with van der Waals surface area (Å²) in [5.74, 6) is 1.63. The van der Waals surface area contributed by atoms with E-state index in [0.29, 0.717) is 22.9 Å². The summed E-state index contributed by atoms with van der Waals surface area (Å²) in [7, 11) is 3.15. The zero-order valence-electron chi connectivity index (χ0n) is 12.3. The van der Waals surface area contributed by atoms with E-state index >= 15 is 0 Å². The number of benzene rings is 1. The fourth-order valence-electron chi connectivity index (χ4n) is 1.70.